The van der Waals surface area contributed by atoms with Crippen LogP contribution in [0.15, 0.2) is 18.2 Å². The van der Waals surface area contributed by atoms with Gasteiger partial charge in [-0.2, -0.15) is 0 Å². The van der Waals surface area contributed by atoms with Crippen LogP contribution in [0.4, 0.5) is 10.5 Å². The molecule has 1 saturated heterocycles. The van der Waals surface area contributed by atoms with Crippen molar-refractivity contribution in [2.24, 2.45) is 0 Å². The standard InChI is InChI=1S/C12H12INO4/c13-6-9-7-14(12(15)18-9)8-1-2-10-11(5-8)17-4-3-16-10/h1-2,5,9H,3-4,6-7H2/t9-/m1/s1. The van der Waals surface area contributed by atoms with Crippen molar-refractivity contribution < 1.29 is 19.0 Å². The largest absolute Gasteiger partial charge is 0.486 e. The lowest BCUT2D eigenvalue weighted by molar-refractivity contribution is 0.152. The number of amides is 1. The van der Waals surface area contributed by atoms with Crippen LogP contribution in [0.5, 0.6) is 11.5 Å². The van der Waals surface area contributed by atoms with Gasteiger partial charge >= 0.3 is 6.09 Å². The van der Waals surface area contributed by atoms with Gasteiger partial charge in [-0.15, -0.1) is 0 Å². The van der Waals surface area contributed by atoms with E-state index in [1.54, 1.807) is 4.90 Å². The number of alkyl halides is 1. The summed E-state index contributed by atoms with van der Waals surface area (Å²) in [6.07, 6.45) is -0.334. The first kappa shape index (κ1) is 11.9. The van der Waals surface area contributed by atoms with E-state index < -0.39 is 0 Å². The van der Waals surface area contributed by atoms with E-state index in [0.29, 0.717) is 25.5 Å². The lowest BCUT2D eigenvalue weighted by Crippen LogP contribution is -2.25. The topological polar surface area (TPSA) is 48.0 Å². The number of halogens is 1. The Balaban J connectivity index is 1.86. The van der Waals surface area contributed by atoms with Crippen molar-refractivity contribution in [3.05, 3.63) is 18.2 Å². The summed E-state index contributed by atoms with van der Waals surface area (Å²) in [5, 5.41) is 0. The van der Waals surface area contributed by atoms with E-state index in [1.807, 2.05) is 18.2 Å². The van der Waals surface area contributed by atoms with E-state index in [1.165, 1.54) is 0 Å². The third kappa shape index (κ3) is 2.09. The zero-order chi connectivity index (χ0) is 12.5. The molecule has 0 spiro atoms. The molecule has 0 N–H and O–H groups in total. The molecule has 2 aliphatic heterocycles. The Morgan fingerprint density at radius 3 is 2.78 bits per heavy atom. The molecular formula is C12H12INO4. The summed E-state index contributed by atoms with van der Waals surface area (Å²) >= 11 is 2.21. The van der Waals surface area contributed by atoms with Crippen LogP contribution in [0.25, 0.3) is 0 Å². The first-order valence-electron chi connectivity index (χ1n) is 5.71. The highest BCUT2D eigenvalue weighted by Gasteiger charge is 2.32. The van der Waals surface area contributed by atoms with Gasteiger partial charge in [0.05, 0.1) is 12.2 Å². The number of hydrogen-bond acceptors (Lipinski definition) is 4. The Morgan fingerprint density at radius 1 is 1.28 bits per heavy atom. The van der Waals surface area contributed by atoms with Gasteiger partial charge in [-0.1, -0.05) is 22.6 Å². The average molecular weight is 361 g/mol. The summed E-state index contributed by atoms with van der Waals surface area (Å²) in [7, 11) is 0. The molecule has 6 heteroatoms. The number of anilines is 1. The Morgan fingerprint density at radius 2 is 2.06 bits per heavy atom. The molecule has 0 saturated carbocycles. The summed E-state index contributed by atoms with van der Waals surface area (Å²) in [5.74, 6) is 1.41. The fraction of sp³-hybridized carbons (Fsp3) is 0.417. The van der Waals surface area contributed by atoms with Crippen molar-refractivity contribution in [3.63, 3.8) is 0 Å². The second-order valence-corrected chi connectivity index (χ2v) is 4.98. The van der Waals surface area contributed by atoms with Crippen molar-refractivity contribution in [1.82, 2.24) is 0 Å². The predicted octanol–water partition coefficient (Wildman–Crippen LogP) is 2.22. The molecule has 2 aliphatic rings. The summed E-state index contributed by atoms with van der Waals surface area (Å²) in [5.41, 5.74) is 0.789. The number of benzene rings is 1. The van der Waals surface area contributed by atoms with Crippen molar-refractivity contribution in [2.75, 3.05) is 29.1 Å². The molecule has 18 heavy (non-hydrogen) atoms. The van der Waals surface area contributed by atoms with Gasteiger partial charge in [0.25, 0.3) is 0 Å². The number of carbonyl (C=O) groups is 1. The fourth-order valence-electron chi connectivity index (χ4n) is 2.01. The highest BCUT2D eigenvalue weighted by molar-refractivity contribution is 14.1. The lowest BCUT2D eigenvalue weighted by Gasteiger charge is -2.20. The Kier molecular flexibility index (Phi) is 3.19. The number of ether oxygens (including phenoxy) is 3. The maximum Gasteiger partial charge on any atom is 0.414 e. The molecule has 3 rings (SSSR count). The Labute approximate surface area is 118 Å². The molecular weight excluding hydrogens is 349 g/mol. The number of cyclic esters (lactones) is 1. The third-order valence-corrected chi connectivity index (χ3v) is 3.87. The zero-order valence-electron chi connectivity index (χ0n) is 9.60. The average Bonchev–Trinajstić information content (AvgIpc) is 2.79. The van der Waals surface area contributed by atoms with Gasteiger partial charge in [-0.25, -0.2) is 4.79 Å². The maximum absolute atomic E-state index is 11.7. The first-order valence-corrected chi connectivity index (χ1v) is 7.24. The van der Waals surface area contributed by atoms with Crippen molar-refractivity contribution >= 4 is 34.4 Å². The summed E-state index contributed by atoms with van der Waals surface area (Å²) in [6, 6.07) is 5.50. The van der Waals surface area contributed by atoms with Gasteiger partial charge in [-0.3, -0.25) is 4.90 Å². The van der Waals surface area contributed by atoms with Crippen molar-refractivity contribution in [2.45, 2.75) is 6.10 Å². The highest BCUT2D eigenvalue weighted by atomic mass is 127. The molecule has 0 bridgehead atoms. The molecule has 0 radical (unpaired) electrons. The molecule has 0 aliphatic carbocycles. The SMILES string of the molecule is O=C1O[C@H](CI)CN1c1ccc2c(c1)OCCO2. The van der Waals surface area contributed by atoms with Gasteiger partial charge in [-0.05, 0) is 12.1 Å². The fourth-order valence-corrected chi connectivity index (χ4v) is 2.47. The minimum atomic E-state index is -0.298. The molecule has 1 aromatic rings. The number of nitrogens with zero attached hydrogens (tertiary/aromatic N) is 1. The monoisotopic (exact) mass is 361 g/mol. The van der Waals surface area contributed by atoms with Crippen LogP contribution in [0.1, 0.15) is 0 Å². The van der Waals surface area contributed by atoms with Gasteiger partial charge in [0.15, 0.2) is 11.5 Å². The molecule has 1 atom stereocenters. The normalized spacial score (nSPS) is 21.9. The summed E-state index contributed by atoms with van der Waals surface area (Å²) in [4.78, 5) is 13.4. The molecule has 5 nitrogen and oxygen atoms in total. The quantitative estimate of drug-likeness (QED) is 0.599. The minimum absolute atomic E-state index is 0.0358. The van der Waals surface area contributed by atoms with Crippen molar-refractivity contribution in [3.8, 4) is 11.5 Å². The number of carbonyl (C=O) groups excluding carboxylic acids is 1. The van der Waals surface area contributed by atoms with Crippen LogP contribution >= 0.6 is 22.6 Å². The maximum atomic E-state index is 11.7. The summed E-state index contributed by atoms with van der Waals surface area (Å²) in [6.45, 7) is 1.69. The molecule has 1 amide bonds. The van der Waals surface area contributed by atoms with E-state index >= 15 is 0 Å². The molecule has 1 aromatic carbocycles. The Bertz CT molecular complexity index is 479. The van der Waals surface area contributed by atoms with Crippen LogP contribution < -0.4 is 14.4 Å². The van der Waals surface area contributed by atoms with E-state index in [4.69, 9.17) is 14.2 Å². The first-order chi connectivity index (χ1) is 8.78. The van der Waals surface area contributed by atoms with E-state index in [-0.39, 0.29) is 12.2 Å². The second-order valence-electron chi connectivity index (χ2n) is 4.10. The Hall–Kier alpha value is -1.18. The smallest absolute Gasteiger partial charge is 0.414 e. The van der Waals surface area contributed by atoms with Gasteiger partial charge in [0.1, 0.15) is 19.3 Å². The van der Waals surface area contributed by atoms with Crippen LogP contribution in [0, 0.1) is 0 Å². The molecule has 1 fully saturated rings. The van der Waals surface area contributed by atoms with Crippen LogP contribution in [0.3, 0.4) is 0 Å². The zero-order valence-corrected chi connectivity index (χ0v) is 11.8. The predicted molar refractivity (Wildman–Crippen MR) is 73.9 cm³/mol. The molecule has 0 aromatic heterocycles. The van der Waals surface area contributed by atoms with Crippen molar-refractivity contribution in [1.29, 1.82) is 0 Å². The summed E-state index contributed by atoms with van der Waals surface area (Å²) < 4.78 is 17.0. The minimum Gasteiger partial charge on any atom is -0.486 e. The molecule has 96 valence electrons. The number of fused-ring (bicyclic) bond motifs is 1. The second kappa shape index (κ2) is 4.83. The van der Waals surface area contributed by atoms with Crippen LogP contribution in [0.2, 0.25) is 0 Å². The molecule has 2 heterocycles. The number of rotatable bonds is 2. The van der Waals surface area contributed by atoms with Crippen LogP contribution in [-0.4, -0.2) is 36.4 Å². The van der Waals surface area contributed by atoms with E-state index in [0.717, 1.165) is 15.9 Å². The van der Waals surface area contributed by atoms with Crippen LogP contribution in [-0.2, 0) is 4.74 Å². The highest BCUT2D eigenvalue weighted by Crippen LogP contribution is 2.35. The number of hydrogen-bond donors (Lipinski definition) is 0. The van der Waals surface area contributed by atoms with E-state index in [2.05, 4.69) is 22.6 Å². The third-order valence-electron chi connectivity index (χ3n) is 2.88. The lowest BCUT2D eigenvalue weighted by atomic mass is 10.2. The van der Waals surface area contributed by atoms with Gasteiger partial charge < -0.3 is 14.2 Å². The molecule has 0 unspecified atom stereocenters. The van der Waals surface area contributed by atoms with Gasteiger partial charge in [0, 0.05) is 10.5 Å². The van der Waals surface area contributed by atoms with E-state index in [9.17, 15) is 4.79 Å². The van der Waals surface area contributed by atoms with Gasteiger partial charge in [0.2, 0.25) is 0 Å².